The Morgan fingerprint density at radius 1 is 1.19 bits per heavy atom. The van der Waals surface area contributed by atoms with E-state index in [2.05, 4.69) is 28.9 Å². The highest BCUT2D eigenvalue weighted by molar-refractivity contribution is 5.69. The first-order chi connectivity index (χ1) is 15.5. The molecular formula is C24H26F2N4O2. The molecule has 1 aliphatic heterocycles. The minimum absolute atomic E-state index is 0.119. The number of rotatable bonds is 6. The molecule has 2 heterocycles. The summed E-state index contributed by atoms with van der Waals surface area (Å²) in [4.78, 5) is 8.83. The van der Waals surface area contributed by atoms with Crippen LogP contribution in [0.3, 0.4) is 0 Å². The number of halogens is 2. The van der Waals surface area contributed by atoms with Crippen LogP contribution in [-0.4, -0.2) is 33.8 Å². The average Bonchev–Trinajstić information content (AvgIpc) is 3.36. The maximum Gasteiger partial charge on any atom is 0.316 e. The van der Waals surface area contributed by atoms with Gasteiger partial charge in [-0.1, -0.05) is 26.3 Å². The van der Waals surface area contributed by atoms with Gasteiger partial charge in [-0.05, 0) is 49.5 Å². The van der Waals surface area contributed by atoms with Crippen LogP contribution in [0.25, 0.3) is 5.70 Å². The Hall–Kier alpha value is -2.74. The van der Waals surface area contributed by atoms with Crippen LogP contribution in [0, 0.1) is 23.0 Å². The number of benzene rings is 1. The third-order valence-corrected chi connectivity index (χ3v) is 7.91. The second kappa shape index (κ2) is 7.40. The summed E-state index contributed by atoms with van der Waals surface area (Å²) in [6.45, 7) is 4.27. The molecule has 5 rings (SSSR count). The topological polar surface area (TPSA) is 80.0 Å². The highest BCUT2D eigenvalue weighted by atomic mass is 19.1. The highest BCUT2D eigenvalue weighted by Crippen LogP contribution is 2.79. The van der Waals surface area contributed by atoms with E-state index in [4.69, 9.17) is 15.0 Å². The van der Waals surface area contributed by atoms with Crippen LogP contribution in [0.4, 0.5) is 8.78 Å². The predicted octanol–water partition coefficient (Wildman–Crippen LogP) is 4.84. The second-order valence-electron chi connectivity index (χ2n) is 8.95. The van der Waals surface area contributed by atoms with Crippen molar-refractivity contribution in [2.45, 2.75) is 50.5 Å². The van der Waals surface area contributed by atoms with Gasteiger partial charge >= 0.3 is 6.01 Å². The van der Waals surface area contributed by atoms with Crippen molar-refractivity contribution in [3.8, 4) is 6.01 Å². The van der Waals surface area contributed by atoms with Crippen LogP contribution in [0.2, 0.25) is 0 Å². The molecule has 1 spiro atoms. The smallest absolute Gasteiger partial charge is 0.316 e. The Labute approximate surface area is 185 Å². The first kappa shape index (κ1) is 21.1. The molecule has 32 heavy (non-hydrogen) atoms. The lowest BCUT2D eigenvalue weighted by Crippen LogP contribution is -2.45. The molecule has 2 aromatic rings. The van der Waals surface area contributed by atoms with Crippen molar-refractivity contribution in [1.82, 2.24) is 9.97 Å². The lowest BCUT2D eigenvalue weighted by Gasteiger charge is -2.45. The van der Waals surface area contributed by atoms with Gasteiger partial charge in [-0.2, -0.15) is 15.2 Å². The van der Waals surface area contributed by atoms with E-state index < -0.39 is 17.2 Å². The molecule has 3 unspecified atom stereocenters. The van der Waals surface area contributed by atoms with Gasteiger partial charge < -0.3 is 9.84 Å². The molecule has 2 saturated carbocycles. The number of ether oxygens (including phenoxy) is 1. The monoisotopic (exact) mass is 440 g/mol. The zero-order valence-corrected chi connectivity index (χ0v) is 18.2. The summed E-state index contributed by atoms with van der Waals surface area (Å²) in [6, 6.07) is 5.97. The molecule has 2 aliphatic carbocycles. The third kappa shape index (κ3) is 2.59. The van der Waals surface area contributed by atoms with Gasteiger partial charge in [0.15, 0.2) is 0 Å². The van der Waals surface area contributed by atoms with E-state index in [1.54, 1.807) is 6.20 Å². The van der Waals surface area contributed by atoms with Gasteiger partial charge in [-0.3, -0.25) is 0 Å². The maximum absolute atomic E-state index is 14.5. The van der Waals surface area contributed by atoms with E-state index in [0.717, 1.165) is 31.4 Å². The van der Waals surface area contributed by atoms with Crippen LogP contribution in [0.5, 0.6) is 6.01 Å². The van der Waals surface area contributed by atoms with Crippen molar-refractivity contribution in [3.05, 3.63) is 59.4 Å². The Morgan fingerprint density at radius 2 is 1.97 bits per heavy atom. The maximum atomic E-state index is 14.5. The SMILES string of the molecule is CCC12C=C(c3c(F)cccc3F)N=NC13C(C)[C@]3(c1ccnc(OCCO)n1)CCC2. The first-order valence-corrected chi connectivity index (χ1v) is 11.1. The minimum Gasteiger partial charge on any atom is -0.461 e. The minimum atomic E-state index is -0.634. The number of aliphatic hydroxyl groups is 1. The summed E-state index contributed by atoms with van der Waals surface area (Å²) in [6.07, 6.45) is 7.10. The number of hydrogen-bond donors (Lipinski definition) is 1. The molecule has 0 saturated heterocycles. The van der Waals surface area contributed by atoms with Gasteiger partial charge in [0.2, 0.25) is 0 Å². The lowest BCUT2D eigenvalue weighted by molar-refractivity contribution is 0.161. The van der Waals surface area contributed by atoms with Crippen LogP contribution < -0.4 is 4.74 Å². The van der Waals surface area contributed by atoms with Crippen LogP contribution in [0.1, 0.15) is 50.8 Å². The molecule has 6 nitrogen and oxygen atoms in total. The molecule has 168 valence electrons. The van der Waals surface area contributed by atoms with E-state index in [1.807, 2.05) is 12.1 Å². The molecule has 1 aromatic heterocycles. The fourth-order valence-corrected chi connectivity index (χ4v) is 6.51. The Bertz CT molecular complexity index is 1100. The van der Waals surface area contributed by atoms with Gasteiger partial charge in [-0.15, -0.1) is 0 Å². The van der Waals surface area contributed by atoms with Gasteiger partial charge in [0.1, 0.15) is 23.8 Å². The van der Waals surface area contributed by atoms with Gasteiger partial charge in [0.05, 0.1) is 23.6 Å². The normalized spacial score (nSPS) is 32.7. The highest BCUT2D eigenvalue weighted by Gasteiger charge is 2.84. The van der Waals surface area contributed by atoms with E-state index >= 15 is 0 Å². The molecule has 0 amide bonds. The number of nitrogens with zero attached hydrogens (tertiary/aromatic N) is 4. The summed E-state index contributed by atoms with van der Waals surface area (Å²) in [5, 5.41) is 18.3. The fourth-order valence-electron chi connectivity index (χ4n) is 6.51. The van der Waals surface area contributed by atoms with E-state index in [-0.39, 0.29) is 47.2 Å². The molecule has 8 heteroatoms. The quantitative estimate of drug-likeness (QED) is 0.697. The van der Waals surface area contributed by atoms with Crippen molar-refractivity contribution in [2.24, 2.45) is 21.6 Å². The number of hydrogen-bond acceptors (Lipinski definition) is 6. The second-order valence-corrected chi connectivity index (χ2v) is 8.95. The third-order valence-electron chi connectivity index (χ3n) is 7.91. The van der Waals surface area contributed by atoms with E-state index in [0.29, 0.717) is 0 Å². The molecule has 0 radical (unpaired) electrons. The molecule has 1 aromatic carbocycles. The van der Waals surface area contributed by atoms with Crippen molar-refractivity contribution < 1.29 is 18.6 Å². The van der Waals surface area contributed by atoms with E-state index in [9.17, 15) is 8.78 Å². The van der Waals surface area contributed by atoms with E-state index in [1.165, 1.54) is 18.2 Å². The number of aliphatic hydroxyl groups excluding tert-OH is 1. The first-order valence-electron chi connectivity index (χ1n) is 11.1. The summed E-state index contributed by atoms with van der Waals surface area (Å²) < 4.78 is 34.5. The molecule has 4 atom stereocenters. The Morgan fingerprint density at radius 3 is 2.69 bits per heavy atom. The zero-order valence-electron chi connectivity index (χ0n) is 18.2. The summed E-state index contributed by atoms with van der Waals surface area (Å²) in [5.74, 6) is -1.13. The van der Waals surface area contributed by atoms with Gasteiger partial charge in [0, 0.05) is 17.0 Å². The molecular weight excluding hydrogens is 414 g/mol. The zero-order chi connectivity index (χ0) is 22.6. The molecule has 2 fully saturated rings. The molecule has 0 bridgehead atoms. The standard InChI is InChI=1S/C24H26F2N4O2/c1-3-22-9-5-10-23(19-8-11-27-21(28-19)32-13-12-31)15(2)24(22,23)30-29-18(14-22)20-16(25)6-4-7-17(20)26/h4,6-8,11,14-15,31H,3,5,9-10,12-13H2,1-2H3/t15?,22?,23-,24?/m0/s1. The van der Waals surface area contributed by atoms with Gasteiger partial charge in [0.25, 0.3) is 0 Å². The van der Waals surface area contributed by atoms with Crippen molar-refractivity contribution in [1.29, 1.82) is 0 Å². The summed E-state index contributed by atoms with van der Waals surface area (Å²) >= 11 is 0. The Balaban J connectivity index is 1.61. The fraction of sp³-hybridized carbons (Fsp3) is 0.500. The van der Waals surface area contributed by atoms with Crippen LogP contribution in [-0.2, 0) is 5.41 Å². The summed E-state index contributed by atoms with van der Waals surface area (Å²) in [7, 11) is 0. The average molecular weight is 440 g/mol. The van der Waals surface area contributed by atoms with Crippen LogP contribution in [0.15, 0.2) is 46.8 Å². The largest absolute Gasteiger partial charge is 0.461 e. The summed E-state index contributed by atoms with van der Waals surface area (Å²) in [5.41, 5.74) is -0.268. The molecule has 3 aliphatic rings. The van der Waals surface area contributed by atoms with Crippen molar-refractivity contribution in [2.75, 3.05) is 13.2 Å². The van der Waals surface area contributed by atoms with Crippen LogP contribution >= 0.6 is 0 Å². The van der Waals surface area contributed by atoms with Gasteiger partial charge in [-0.25, -0.2) is 13.8 Å². The van der Waals surface area contributed by atoms with Crippen molar-refractivity contribution in [3.63, 3.8) is 0 Å². The Kier molecular flexibility index (Phi) is 4.89. The lowest BCUT2D eigenvalue weighted by atomic mass is 9.62. The van der Waals surface area contributed by atoms with Crippen molar-refractivity contribution >= 4 is 5.70 Å². The molecule has 1 N–H and O–H groups in total. The predicted molar refractivity (Wildman–Crippen MR) is 114 cm³/mol. The number of azo groups is 1. The number of aromatic nitrogens is 2.